The van der Waals surface area contributed by atoms with E-state index in [1.165, 1.54) is 19.5 Å². The number of hydrazine groups is 1. The first-order valence-electron chi connectivity index (χ1n) is 5.32. The van der Waals surface area contributed by atoms with Crippen LogP contribution in [0.2, 0.25) is 0 Å². The minimum atomic E-state index is -0.553. The minimum Gasteiger partial charge on any atom is -0.481 e. The standard InChI is InChI=1S/C12H13FN4O/c1-18-11-6-10(15-7-16-11)12(17-14)8-4-2-3-5-9(8)13/h2-7,12,17H,14H2,1H3. The summed E-state index contributed by atoms with van der Waals surface area (Å²) in [5, 5.41) is 0. The molecule has 0 bridgehead atoms. The molecule has 6 heteroatoms. The Bertz CT molecular complexity index is 535. The van der Waals surface area contributed by atoms with Gasteiger partial charge in [-0.05, 0) is 6.07 Å². The van der Waals surface area contributed by atoms with E-state index in [-0.39, 0.29) is 5.82 Å². The fourth-order valence-electron chi connectivity index (χ4n) is 1.67. The van der Waals surface area contributed by atoms with E-state index in [4.69, 9.17) is 10.6 Å². The largest absolute Gasteiger partial charge is 0.481 e. The van der Waals surface area contributed by atoms with E-state index < -0.39 is 6.04 Å². The fourth-order valence-corrected chi connectivity index (χ4v) is 1.67. The third-order valence-corrected chi connectivity index (χ3v) is 2.55. The molecule has 1 atom stereocenters. The van der Waals surface area contributed by atoms with Crippen LogP contribution in [-0.4, -0.2) is 17.1 Å². The van der Waals surface area contributed by atoms with Crippen LogP contribution in [0.1, 0.15) is 17.3 Å². The molecule has 0 fully saturated rings. The monoisotopic (exact) mass is 248 g/mol. The van der Waals surface area contributed by atoms with Crippen molar-refractivity contribution in [2.75, 3.05) is 7.11 Å². The van der Waals surface area contributed by atoms with E-state index in [9.17, 15) is 4.39 Å². The predicted molar refractivity (Wildman–Crippen MR) is 64.2 cm³/mol. The summed E-state index contributed by atoms with van der Waals surface area (Å²) in [5.74, 6) is 5.53. The molecular formula is C12H13FN4O. The van der Waals surface area contributed by atoms with Crippen LogP contribution in [0.4, 0.5) is 4.39 Å². The van der Waals surface area contributed by atoms with Crippen LogP contribution < -0.4 is 16.0 Å². The minimum absolute atomic E-state index is 0.349. The maximum Gasteiger partial charge on any atom is 0.216 e. The Kier molecular flexibility index (Phi) is 3.81. The molecule has 3 N–H and O–H groups in total. The Labute approximate surface area is 104 Å². The van der Waals surface area contributed by atoms with Crippen molar-refractivity contribution in [2.24, 2.45) is 5.84 Å². The molecule has 1 aromatic heterocycles. The van der Waals surface area contributed by atoms with Crippen LogP contribution in [0, 0.1) is 5.82 Å². The van der Waals surface area contributed by atoms with Crippen LogP contribution in [-0.2, 0) is 0 Å². The Morgan fingerprint density at radius 1 is 1.33 bits per heavy atom. The topological polar surface area (TPSA) is 73.1 Å². The van der Waals surface area contributed by atoms with Crippen molar-refractivity contribution in [3.63, 3.8) is 0 Å². The summed E-state index contributed by atoms with van der Waals surface area (Å²) in [6, 6.07) is 7.43. The summed E-state index contributed by atoms with van der Waals surface area (Å²) in [4.78, 5) is 7.97. The van der Waals surface area contributed by atoms with Crippen LogP contribution in [0.5, 0.6) is 5.88 Å². The SMILES string of the molecule is COc1cc(C(NN)c2ccccc2F)ncn1. The summed E-state index contributed by atoms with van der Waals surface area (Å²) in [6.07, 6.45) is 1.35. The second-order valence-corrected chi connectivity index (χ2v) is 3.61. The molecule has 2 rings (SSSR count). The zero-order valence-electron chi connectivity index (χ0n) is 9.80. The molecule has 0 saturated carbocycles. The quantitative estimate of drug-likeness (QED) is 0.628. The summed E-state index contributed by atoms with van der Waals surface area (Å²) in [6.45, 7) is 0. The lowest BCUT2D eigenvalue weighted by Crippen LogP contribution is -2.30. The van der Waals surface area contributed by atoms with E-state index in [1.54, 1.807) is 24.3 Å². The number of benzene rings is 1. The highest BCUT2D eigenvalue weighted by atomic mass is 19.1. The van der Waals surface area contributed by atoms with Gasteiger partial charge in [0.1, 0.15) is 12.1 Å². The third-order valence-electron chi connectivity index (χ3n) is 2.55. The number of ether oxygens (including phenoxy) is 1. The van der Waals surface area contributed by atoms with Crippen molar-refractivity contribution < 1.29 is 9.13 Å². The lowest BCUT2D eigenvalue weighted by molar-refractivity contribution is 0.394. The lowest BCUT2D eigenvalue weighted by atomic mass is 10.0. The molecule has 0 radical (unpaired) electrons. The lowest BCUT2D eigenvalue weighted by Gasteiger charge is -2.16. The highest BCUT2D eigenvalue weighted by Crippen LogP contribution is 2.23. The number of hydrogen-bond acceptors (Lipinski definition) is 5. The van der Waals surface area contributed by atoms with Crippen LogP contribution >= 0.6 is 0 Å². The Morgan fingerprint density at radius 2 is 2.11 bits per heavy atom. The molecule has 1 aromatic carbocycles. The van der Waals surface area contributed by atoms with Gasteiger partial charge in [-0.25, -0.2) is 19.8 Å². The fraction of sp³-hybridized carbons (Fsp3) is 0.167. The van der Waals surface area contributed by atoms with E-state index in [0.717, 1.165) is 0 Å². The molecule has 94 valence electrons. The Morgan fingerprint density at radius 3 is 2.78 bits per heavy atom. The second-order valence-electron chi connectivity index (χ2n) is 3.61. The van der Waals surface area contributed by atoms with Gasteiger partial charge < -0.3 is 4.74 Å². The number of hydrogen-bond donors (Lipinski definition) is 2. The van der Waals surface area contributed by atoms with Gasteiger partial charge in [0, 0.05) is 11.6 Å². The van der Waals surface area contributed by atoms with Gasteiger partial charge in [-0.2, -0.15) is 0 Å². The number of aromatic nitrogens is 2. The number of rotatable bonds is 4. The number of halogens is 1. The van der Waals surface area contributed by atoms with Gasteiger partial charge >= 0.3 is 0 Å². The smallest absolute Gasteiger partial charge is 0.216 e. The van der Waals surface area contributed by atoms with Crippen molar-refractivity contribution in [1.82, 2.24) is 15.4 Å². The molecule has 5 nitrogen and oxygen atoms in total. The van der Waals surface area contributed by atoms with Gasteiger partial charge in [0.15, 0.2) is 0 Å². The summed E-state index contributed by atoms with van der Waals surface area (Å²) in [7, 11) is 1.50. The van der Waals surface area contributed by atoms with Crippen LogP contribution in [0.25, 0.3) is 0 Å². The number of nitrogens with one attached hydrogen (secondary N) is 1. The maximum absolute atomic E-state index is 13.7. The van der Waals surface area contributed by atoms with E-state index in [0.29, 0.717) is 17.1 Å². The van der Waals surface area contributed by atoms with Gasteiger partial charge in [0.05, 0.1) is 18.8 Å². The third kappa shape index (κ3) is 2.44. The molecule has 0 aliphatic carbocycles. The zero-order chi connectivity index (χ0) is 13.0. The molecule has 1 heterocycles. The normalized spacial score (nSPS) is 12.2. The molecule has 0 spiro atoms. The van der Waals surface area contributed by atoms with Crippen molar-refractivity contribution in [3.8, 4) is 5.88 Å². The first kappa shape index (κ1) is 12.4. The molecule has 2 aromatic rings. The molecule has 0 aliphatic rings. The predicted octanol–water partition coefficient (Wildman–Crippen LogP) is 1.18. The van der Waals surface area contributed by atoms with Crippen molar-refractivity contribution in [2.45, 2.75) is 6.04 Å². The second kappa shape index (κ2) is 5.52. The Balaban J connectivity index is 2.42. The van der Waals surface area contributed by atoms with Gasteiger partial charge in [0.2, 0.25) is 5.88 Å². The van der Waals surface area contributed by atoms with E-state index >= 15 is 0 Å². The highest BCUT2D eigenvalue weighted by molar-refractivity contribution is 5.30. The van der Waals surface area contributed by atoms with Gasteiger partial charge in [-0.15, -0.1) is 0 Å². The van der Waals surface area contributed by atoms with E-state index in [2.05, 4.69) is 15.4 Å². The molecule has 0 aliphatic heterocycles. The summed E-state index contributed by atoms with van der Waals surface area (Å²) < 4.78 is 18.7. The molecule has 0 saturated heterocycles. The maximum atomic E-state index is 13.7. The zero-order valence-corrected chi connectivity index (χ0v) is 9.80. The molecule has 1 unspecified atom stereocenters. The van der Waals surface area contributed by atoms with E-state index in [1.807, 2.05) is 0 Å². The average Bonchev–Trinajstić information content (AvgIpc) is 2.42. The van der Waals surface area contributed by atoms with Crippen molar-refractivity contribution >= 4 is 0 Å². The number of nitrogens with zero attached hydrogens (tertiary/aromatic N) is 2. The van der Waals surface area contributed by atoms with Crippen LogP contribution in [0.3, 0.4) is 0 Å². The first-order valence-corrected chi connectivity index (χ1v) is 5.32. The summed E-state index contributed by atoms with van der Waals surface area (Å²) in [5.41, 5.74) is 3.49. The first-order chi connectivity index (χ1) is 8.76. The molecular weight excluding hydrogens is 235 g/mol. The summed E-state index contributed by atoms with van der Waals surface area (Å²) >= 11 is 0. The van der Waals surface area contributed by atoms with Crippen LogP contribution in [0.15, 0.2) is 36.7 Å². The molecule has 0 amide bonds. The van der Waals surface area contributed by atoms with Gasteiger partial charge in [-0.1, -0.05) is 18.2 Å². The number of methoxy groups -OCH3 is 1. The average molecular weight is 248 g/mol. The number of nitrogens with two attached hydrogens (primary N) is 1. The van der Waals surface area contributed by atoms with Crippen molar-refractivity contribution in [1.29, 1.82) is 0 Å². The molecule has 18 heavy (non-hydrogen) atoms. The van der Waals surface area contributed by atoms with Crippen molar-refractivity contribution in [3.05, 3.63) is 53.7 Å². The van der Waals surface area contributed by atoms with Gasteiger partial charge in [0.25, 0.3) is 0 Å². The highest BCUT2D eigenvalue weighted by Gasteiger charge is 2.18. The Hall–Kier alpha value is -2.05. The van der Waals surface area contributed by atoms with Gasteiger partial charge in [-0.3, -0.25) is 5.84 Å².